The van der Waals surface area contributed by atoms with E-state index in [1.165, 1.54) is 0 Å². The van der Waals surface area contributed by atoms with Gasteiger partial charge in [-0.1, -0.05) is 0 Å². The number of hydrogen-bond acceptors (Lipinski definition) is 3. The van der Waals surface area contributed by atoms with Gasteiger partial charge in [-0.25, -0.2) is 0 Å². The van der Waals surface area contributed by atoms with Crippen molar-refractivity contribution in [1.29, 1.82) is 0 Å². The minimum atomic E-state index is -0.238. The van der Waals surface area contributed by atoms with Gasteiger partial charge in [-0.2, -0.15) is 0 Å². The Balaban J connectivity index is 2.19. The molecule has 110 valence electrons. The highest BCUT2D eigenvalue weighted by Gasteiger charge is 2.28. The van der Waals surface area contributed by atoms with Gasteiger partial charge in [0.15, 0.2) is 0 Å². The first-order valence-corrected chi connectivity index (χ1v) is 7.00. The average molecular weight is 270 g/mol. The molecule has 19 heavy (non-hydrogen) atoms. The molecule has 0 atom stereocenters. The molecule has 0 radical (unpaired) electrons. The third-order valence-electron chi connectivity index (χ3n) is 3.44. The predicted molar refractivity (Wildman–Crippen MR) is 73.4 cm³/mol. The minimum absolute atomic E-state index is 0.0187. The van der Waals surface area contributed by atoms with Gasteiger partial charge >= 0.3 is 0 Å². The highest BCUT2D eigenvalue weighted by atomic mass is 16.5. The zero-order chi connectivity index (χ0) is 14.5. The normalized spacial score (nSPS) is 23.9. The summed E-state index contributed by atoms with van der Waals surface area (Å²) in [5, 5.41) is 2.89. The van der Waals surface area contributed by atoms with Crippen molar-refractivity contribution < 1.29 is 14.3 Å². The third-order valence-corrected chi connectivity index (χ3v) is 3.44. The molecule has 1 aliphatic carbocycles. The van der Waals surface area contributed by atoms with E-state index in [1.54, 1.807) is 0 Å². The first-order valence-electron chi connectivity index (χ1n) is 7.00. The van der Waals surface area contributed by atoms with Gasteiger partial charge in [-0.05, 0) is 46.5 Å². The fourth-order valence-corrected chi connectivity index (χ4v) is 2.32. The average Bonchev–Trinajstić information content (AvgIpc) is 2.33. The van der Waals surface area contributed by atoms with Crippen LogP contribution in [-0.4, -0.2) is 30.6 Å². The maximum Gasteiger partial charge on any atom is 0.223 e. The molecule has 0 heterocycles. The van der Waals surface area contributed by atoms with E-state index in [9.17, 15) is 9.59 Å². The summed E-state index contributed by atoms with van der Waals surface area (Å²) >= 11 is 0. The standard InChI is InChI=1S/C14H26N2O3/c1-14(2,3)19-9-8-16-13(18)11-6-4-10(5-7-11)12(15)17/h10-11H,4-9H2,1-3H3,(H2,15,17)(H,16,18). The highest BCUT2D eigenvalue weighted by Crippen LogP contribution is 2.28. The van der Waals surface area contributed by atoms with E-state index >= 15 is 0 Å². The van der Waals surface area contributed by atoms with Crippen LogP contribution in [0.3, 0.4) is 0 Å². The van der Waals surface area contributed by atoms with Crippen molar-refractivity contribution in [1.82, 2.24) is 5.32 Å². The number of hydrogen-bond donors (Lipinski definition) is 2. The second-order valence-electron chi connectivity index (χ2n) is 6.20. The zero-order valence-electron chi connectivity index (χ0n) is 12.2. The maximum atomic E-state index is 11.9. The second-order valence-corrected chi connectivity index (χ2v) is 6.20. The van der Waals surface area contributed by atoms with Crippen LogP contribution in [-0.2, 0) is 14.3 Å². The maximum absolute atomic E-state index is 11.9. The van der Waals surface area contributed by atoms with E-state index in [2.05, 4.69) is 5.32 Å². The highest BCUT2D eigenvalue weighted by molar-refractivity contribution is 5.80. The Morgan fingerprint density at radius 2 is 1.68 bits per heavy atom. The number of ether oxygens (including phenoxy) is 1. The molecular formula is C14H26N2O3. The van der Waals surface area contributed by atoms with E-state index in [4.69, 9.17) is 10.5 Å². The van der Waals surface area contributed by atoms with Crippen molar-refractivity contribution in [3.63, 3.8) is 0 Å². The van der Waals surface area contributed by atoms with E-state index in [1.807, 2.05) is 20.8 Å². The Labute approximate surface area is 115 Å². The van der Waals surface area contributed by atoms with E-state index in [-0.39, 0.29) is 29.3 Å². The number of primary amides is 1. The van der Waals surface area contributed by atoms with Crippen LogP contribution in [0.15, 0.2) is 0 Å². The summed E-state index contributed by atoms with van der Waals surface area (Å²) in [6.45, 7) is 7.01. The summed E-state index contributed by atoms with van der Waals surface area (Å²) in [5.74, 6) is -0.198. The molecule has 0 saturated heterocycles. The number of amides is 2. The molecule has 0 bridgehead atoms. The van der Waals surface area contributed by atoms with Gasteiger partial charge in [0, 0.05) is 18.4 Å². The first-order chi connectivity index (χ1) is 8.79. The Morgan fingerprint density at radius 1 is 1.16 bits per heavy atom. The Kier molecular flexibility index (Phi) is 5.79. The van der Waals surface area contributed by atoms with Crippen molar-refractivity contribution >= 4 is 11.8 Å². The monoisotopic (exact) mass is 270 g/mol. The van der Waals surface area contributed by atoms with Gasteiger partial charge in [0.2, 0.25) is 11.8 Å². The predicted octanol–water partition coefficient (Wildman–Crippen LogP) is 1.21. The van der Waals surface area contributed by atoms with Crippen LogP contribution >= 0.6 is 0 Å². The summed E-state index contributed by atoms with van der Waals surface area (Å²) in [4.78, 5) is 23.0. The van der Waals surface area contributed by atoms with Crippen LogP contribution in [0.1, 0.15) is 46.5 Å². The smallest absolute Gasteiger partial charge is 0.223 e. The van der Waals surface area contributed by atoms with Crippen molar-refractivity contribution in [2.24, 2.45) is 17.6 Å². The van der Waals surface area contributed by atoms with Crippen LogP contribution in [0, 0.1) is 11.8 Å². The van der Waals surface area contributed by atoms with Gasteiger partial charge < -0.3 is 15.8 Å². The molecule has 1 fully saturated rings. The molecule has 0 unspecified atom stereocenters. The molecule has 0 aromatic heterocycles. The second kappa shape index (κ2) is 6.89. The summed E-state index contributed by atoms with van der Waals surface area (Å²) in [6.07, 6.45) is 2.96. The number of carbonyl (C=O) groups excluding carboxylic acids is 2. The summed E-state index contributed by atoms with van der Waals surface area (Å²) < 4.78 is 5.54. The fourth-order valence-electron chi connectivity index (χ4n) is 2.32. The summed E-state index contributed by atoms with van der Waals surface area (Å²) in [6, 6.07) is 0. The SMILES string of the molecule is CC(C)(C)OCCNC(=O)C1CCC(C(N)=O)CC1. The number of rotatable bonds is 5. The molecule has 0 aromatic rings. The molecule has 5 heteroatoms. The van der Waals surface area contributed by atoms with E-state index in [0.717, 1.165) is 25.7 Å². The lowest BCUT2D eigenvalue weighted by Gasteiger charge is -2.26. The lowest BCUT2D eigenvalue weighted by atomic mass is 9.81. The van der Waals surface area contributed by atoms with Crippen molar-refractivity contribution in [2.45, 2.75) is 52.1 Å². The Bertz CT molecular complexity index is 315. The van der Waals surface area contributed by atoms with Gasteiger partial charge in [0.1, 0.15) is 0 Å². The van der Waals surface area contributed by atoms with Gasteiger partial charge in [0.25, 0.3) is 0 Å². The van der Waals surface area contributed by atoms with Crippen molar-refractivity contribution in [3.05, 3.63) is 0 Å². The number of nitrogens with one attached hydrogen (secondary N) is 1. The molecule has 1 saturated carbocycles. The van der Waals surface area contributed by atoms with E-state index in [0.29, 0.717) is 13.2 Å². The van der Waals surface area contributed by atoms with Crippen LogP contribution in [0.2, 0.25) is 0 Å². The minimum Gasteiger partial charge on any atom is -0.374 e. The third kappa shape index (κ3) is 6.05. The van der Waals surface area contributed by atoms with Gasteiger partial charge in [-0.3, -0.25) is 9.59 Å². The fraction of sp³-hybridized carbons (Fsp3) is 0.857. The summed E-state index contributed by atoms with van der Waals surface area (Å²) in [5.41, 5.74) is 5.10. The van der Waals surface area contributed by atoms with Crippen molar-refractivity contribution in [2.75, 3.05) is 13.2 Å². The topological polar surface area (TPSA) is 81.4 Å². The summed E-state index contributed by atoms with van der Waals surface area (Å²) in [7, 11) is 0. The zero-order valence-corrected chi connectivity index (χ0v) is 12.2. The molecule has 2 amide bonds. The molecule has 3 N–H and O–H groups in total. The molecule has 1 rings (SSSR count). The number of carbonyl (C=O) groups is 2. The van der Waals surface area contributed by atoms with Gasteiger partial charge in [-0.15, -0.1) is 0 Å². The quantitative estimate of drug-likeness (QED) is 0.737. The molecule has 0 aromatic carbocycles. The lowest BCUT2D eigenvalue weighted by Crippen LogP contribution is -2.37. The number of nitrogens with two attached hydrogens (primary N) is 1. The largest absolute Gasteiger partial charge is 0.374 e. The first kappa shape index (κ1) is 16.0. The molecule has 0 aliphatic heterocycles. The van der Waals surface area contributed by atoms with Crippen LogP contribution in [0.5, 0.6) is 0 Å². The lowest BCUT2D eigenvalue weighted by molar-refractivity contribution is -0.129. The van der Waals surface area contributed by atoms with Gasteiger partial charge in [0.05, 0.1) is 12.2 Å². The Morgan fingerprint density at radius 3 is 2.16 bits per heavy atom. The molecule has 1 aliphatic rings. The molecular weight excluding hydrogens is 244 g/mol. The van der Waals surface area contributed by atoms with Crippen LogP contribution < -0.4 is 11.1 Å². The van der Waals surface area contributed by atoms with Crippen LogP contribution in [0.25, 0.3) is 0 Å². The van der Waals surface area contributed by atoms with Crippen molar-refractivity contribution in [3.8, 4) is 0 Å². The molecule has 0 spiro atoms. The van der Waals surface area contributed by atoms with Crippen LogP contribution in [0.4, 0.5) is 0 Å². The molecule has 5 nitrogen and oxygen atoms in total. The Hall–Kier alpha value is -1.10. The van der Waals surface area contributed by atoms with E-state index < -0.39 is 0 Å².